The molecule has 2 heterocycles. The van der Waals surface area contributed by atoms with Crippen molar-refractivity contribution in [3.8, 4) is 0 Å². The van der Waals surface area contributed by atoms with Crippen molar-refractivity contribution in [2.75, 3.05) is 0 Å². The van der Waals surface area contributed by atoms with E-state index < -0.39 is 0 Å². The zero-order valence-corrected chi connectivity index (χ0v) is 13.5. The highest BCUT2D eigenvalue weighted by molar-refractivity contribution is 5.80. The molecule has 1 atom stereocenters. The zero-order chi connectivity index (χ0) is 16.2. The third-order valence-electron chi connectivity index (χ3n) is 3.85. The number of aromatic nitrogens is 3. The lowest BCUT2D eigenvalue weighted by Crippen LogP contribution is -2.32. The van der Waals surface area contributed by atoms with Crippen LogP contribution in [0.15, 0.2) is 48.8 Å². The normalized spacial score (nSPS) is 12.7. The van der Waals surface area contributed by atoms with Gasteiger partial charge in [0, 0.05) is 12.4 Å². The predicted molar refractivity (Wildman–Crippen MR) is 90.9 cm³/mol. The predicted octanol–water partition coefficient (Wildman–Crippen LogP) is 3.27. The zero-order valence-electron chi connectivity index (χ0n) is 13.5. The van der Waals surface area contributed by atoms with Gasteiger partial charge in [-0.15, -0.1) is 0 Å². The molecular formula is C18H22N4O. The van der Waals surface area contributed by atoms with E-state index in [1.807, 2.05) is 53.4 Å². The number of nitrogens with zero attached hydrogens (tertiary/aromatic N) is 2. The van der Waals surface area contributed by atoms with Crippen LogP contribution in [-0.2, 0) is 11.3 Å². The summed E-state index contributed by atoms with van der Waals surface area (Å²) in [7, 11) is 0. The number of amides is 1. The maximum Gasteiger partial charge on any atom is 0.243 e. The Balaban J connectivity index is 1.69. The van der Waals surface area contributed by atoms with Gasteiger partial charge in [-0.05, 0) is 36.6 Å². The van der Waals surface area contributed by atoms with Crippen molar-refractivity contribution in [1.82, 2.24) is 19.9 Å². The lowest BCUT2D eigenvalue weighted by molar-refractivity contribution is -0.125. The van der Waals surface area contributed by atoms with Gasteiger partial charge in [0.2, 0.25) is 5.91 Å². The number of H-pyrrole nitrogens is 1. The van der Waals surface area contributed by atoms with E-state index in [2.05, 4.69) is 29.1 Å². The van der Waals surface area contributed by atoms with Crippen molar-refractivity contribution in [3.63, 3.8) is 0 Å². The molecule has 0 saturated carbocycles. The SMILES string of the molecule is CC(C)CC(C(=O)NCc1nc2ccccc2[nH]1)n1cccc1. The molecule has 23 heavy (non-hydrogen) atoms. The van der Waals surface area contributed by atoms with Gasteiger partial charge >= 0.3 is 0 Å². The molecule has 1 aromatic carbocycles. The van der Waals surface area contributed by atoms with E-state index in [4.69, 9.17) is 0 Å². The van der Waals surface area contributed by atoms with Crippen molar-refractivity contribution in [3.05, 3.63) is 54.6 Å². The van der Waals surface area contributed by atoms with Gasteiger partial charge in [-0.1, -0.05) is 26.0 Å². The van der Waals surface area contributed by atoms with Gasteiger partial charge in [0.05, 0.1) is 17.6 Å². The van der Waals surface area contributed by atoms with Crippen LogP contribution in [0.5, 0.6) is 0 Å². The molecule has 5 nitrogen and oxygen atoms in total. The number of aromatic amines is 1. The molecule has 3 aromatic rings. The van der Waals surface area contributed by atoms with Gasteiger partial charge in [-0.2, -0.15) is 0 Å². The first-order valence-electron chi connectivity index (χ1n) is 7.97. The summed E-state index contributed by atoms with van der Waals surface area (Å²) < 4.78 is 1.97. The average molecular weight is 310 g/mol. The van der Waals surface area contributed by atoms with Gasteiger partial charge in [0.1, 0.15) is 11.9 Å². The topological polar surface area (TPSA) is 62.7 Å². The van der Waals surface area contributed by atoms with Gasteiger partial charge in [-0.25, -0.2) is 4.98 Å². The largest absolute Gasteiger partial charge is 0.347 e. The van der Waals surface area contributed by atoms with Crippen LogP contribution in [0.2, 0.25) is 0 Å². The van der Waals surface area contributed by atoms with E-state index in [0.717, 1.165) is 23.3 Å². The summed E-state index contributed by atoms with van der Waals surface area (Å²) in [5.41, 5.74) is 1.90. The number of hydrogen-bond acceptors (Lipinski definition) is 2. The first kappa shape index (κ1) is 15.3. The van der Waals surface area contributed by atoms with E-state index in [1.54, 1.807) is 0 Å². The fourth-order valence-electron chi connectivity index (χ4n) is 2.74. The Hall–Kier alpha value is -2.56. The monoisotopic (exact) mass is 310 g/mol. The lowest BCUT2D eigenvalue weighted by Gasteiger charge is -2.20. The Morgan fingerprint density at radius 3 is 2.65 bits per heavy atom. The minimum atomic E-state index is -0.186. The maximum absolute atomic E-state index is 12.6. The van der Waals surface area contributed by atoms with E-state index >= 15 is 0 Å². The first-order chi connectivity index (χ1) is 11.1. The van der Waals surface area contributed by atoms with E-state index in [-0.39, 0.29) is 11.9 Å². The average Bonchev–Trinajstić information content (AvgIpc) is 3.18. The Labute approximate surface area is 135 Å². The number of hydrogen-bond donors (Lipinski definition) is 2. The smallest absolute Gasteiger partial charge is 0.243 e. The quantitative estimate of drug-likeness (QED) is 0.734. The summed E-state index contributed by atoms with van der Waals surface area (Å²) in [4.78, 5) is 20.3. The first-order valence-corrected chi connectivity index (χ1v) is 7.97. The second-order valence-electron chi connectivity index (χ2n) is 6.19. The summed E-state index contributed by atoms with van der Waals surface area (Å²) >= 11 is 0. The standard InChI is InChI=1S/C18H22N4O/c1-13(2)11-16(22-9-5-6-10-22)18(23)19-12-17-20-14-7-3-4-8-15(14)21-17/h3-10,13,16H,11-12H2,1-2H3,(H,19,23)(H,20,21). The van der Waals surface area contributed by atoms with Crippen molar-refractivity contribution in [1.29, 1.82) is 0 Å². The van der Waals surface area contributed by atoms with Crippen LogP contribution >= 0.6 is 0 Å². The third kappa shape index (κ3) is 3.62. The highest BCUT2D eigenvalue weighted by atomic mass is 16.2. The molecule has 2 N–H and O–H groups in total. The number of fused-ring (bicyclic) bond motifs is 1. The number of nitrogens with one attached hydrogen (secondary N) is 2. The Morgan fingerprint density at radius 1 is 1.22 bits per heavy atom. The molecular weight excluding hydrogens is 288 g/mol. The summed E-state index contributed by atoms with van der Waals surface area (Å²) in [5.74, 6) is 1.24. The van der Waals surface area contributed by atoms with Crippen LogP contribution in [0.1, 0.15) is 32.1 Å². The Kier molecular flexibility index (Phi) is 4.46. The summed E-state index contributed by atoms with van der Waals surface area (Å²) in [6.45, 7) is 4.66. The molecule has 0 saturated heterocycles. The van der Waals surface area contributed by atoms with Crippen molar-refractivity contribution in [2.24, 2.45) is 5.92 Å². The molecule has 5 heteroatoms. The molecule has 1 unspecified atom stereocenters. The Morgan fingerprint density at radius 2 is 1.96 bits per heavy atom. The van der Waals surface area contributed by atoms with Gasteiger partial charge in [0.15, 0.2) is 0 Å². The second-order valence-corrected chi connectivity index (χ2v) is 6.19. The fourth-order valence-corrected chi connectivity index (χ4v) is 2.74. The van der Waals surface area contributed by atoms with E-state index in [1.165, 1.54) is 0 Å². The molecule has 3 rings (SSSR count). The molecule has 0 fully saturated rings. The second kappa shape index (κ2) is 6.69. The molecule has 0 aliphatic heterocycles. The Bertz CT molecular complexity index is 740. The van der Waals surface area contributed by atoms with Gasteiger partial charge in [-0.3, -0.25) is 4.79 Å². The molecule has 0 radical (unpaired) electrons. The molecule has 0 bridgehead atoms. The van der Waals surface area contributed by atoms with Crippen LogP contribution in [-0.4, -0.2) is 20.4 Å². The number of benzene rings is 1. The molecule has 0 aliphatic rings. The van der Waals surface area contributed by atoms with E-state index in [9.17, 15) is 4.79 Å². The highest BCUT2D eigenvalue weighted by Gasteiger charge is 2.20. The number of carbonyl (C=O) groups excluding carboxylic acids is 1. The number of para-hydroxylation sites is 2. The van der Waals surface area contributed by atoms with Crippen molar-refractivity contribution >= 4 is 16.9 Å². The maximum atomic E-state index is 12.6. The number of carbonyl (C=O) groups is 1. The van der Waals surface area contributed by atoms with Crippen molar-refractivity contribution in [2.45, 2.75) is 32.9 Å². The summed E-state index contributed by atoms with van der Waals surface area (Å²) in [5, 5.41) is 3.00. The van der Waals surface area contributed by atoms with Crippen LogP contribution < -0.4 is 5.32 Å². The van der Waals surface area contributed by atoms with Gasteiger partial charge < -0.3 is 14.9 Å². The number of rotatable bonds is 6. The van der Waals surface area contributed by atoms with Crippen LogP contribution in [0, 0.1) is 5.92 Å². The molecule has 2 aromatic heterocycles. The summed E-state index contributed by atoms with van der Waals surface area (Å²) in [6, 6.07) is 11.6. The molecule has 1 amide bonds. The molecule has 0 spiro atoms. The van der Waals surface area contributed by atoms with Crippen LogP contribution in [0.3, 0.4) is 0 Å². The third-order valence-corrected chi connectivity index (χ3v) is 3.85. The number of imidazole rings is 1. The van der Waals surface area contributed by atoms with Crippen LogP contribution in [0.4, 0.5) is 0 Å². The minimum Gasteiger partial charge on any atom is -0.347 e. The van der Waals surface area contributed by atoms with Gasteiger partial charge in [0.25, 0.3) is 0 Å². The lowest BCUT2D eigenvalue weighted by atomic mass is 10.0. The highest BCUT2D eigenvalue weighted by Crippen LogP contribution is 2.18. The fraction of sp³-hybridized carbons (Fsp3) is 0.333. The minimum absolute atomic E-state index is 0.0235. The summed E-state index contributed by atoms with van der Waals surface area (Å²) in [6.07, 6.45) is 4.68. The van der Waals surface area contributed by atoms with E-state index in [0.29, 0.717) is 12.5 Å². The van der Waals surface area contributed by atoms with Crippen molar-refractivity contribution < 1.29 is 4.79 Å². The molecule has 120 valence electrons. The van der Waals surface area contributed by atoms with Crippen LogP contribution in [0.25, 0.3) is 11.0 Å². The molecule has 0 aliphatic carbocycles.